The van der Waals surface area contributed by atoms with Crippen molar-refractivity contribution >= 4 is 51.9 Å². The van der Waals surface area contributed by atoms with Gasteiger partial charge in [0.05, 0.1) is 4.91 Å². The third-order valence-corrected chi connectivity index (χ3v) is 5.52. The van der Waals surface area contributed by atoms with Crippen molar-refractivity contribution in [3.8, 4) is 5.75 Å². The second-order valence-corrected chi connectivity index (χ2v) is 9.28. The molecule has 1 fully saturated rings. The van der Waals surface area contributed by atoms with E-state index in [0.29, 0.717) is 20.9 Å². The Kier molecular flexibility index (Phi) is 5.94. The van der Waals surface area contributed by atoms with Crippen LogP contribution in [0.4, 0.5) is 0 Å². The molecule has 1 aliphatic rings. The first kappa shape index (κ1) is 19.9. The average molecular weight is 418 g/mol. The summed E-state index contributed by atoms with van der Waals surface area (Å²) < 4.78 is 6.39. The standard InChI is InChI=1S/C21H20ClNO2S2/c1-21(2,3)23-19(24)18(27-20(23)26)12-14-6-10-17(11-7-14)25-13-15-4-8-16(22)9-5-15/h4-12H,13H2,1-3H3. The monoisotopic (exact) mass is 417 g/mol. The summed E-state index contributed by atoms with van der Waals surface area (Å²) in [5, 5.41) is 0.708. The largest absolute Gasteiger partial charge is 0.489 e. The molecule has 3 rings (SSSR count). The number of thiocarbonyl (C=S) groups is 1. The van der Waals surface area contributed by atoms with Gasteiger partial charge in [-0.15, -0.1) is 0 Å². The lowest BCUT2D eigenvalue weighted by Gasteiger charge is -2.30. The van der Waals surface area contributed by atoms with Crippen LogP contribution < -0.4 is 4.74 Å². The van der Waals surface area contributed by atoms with Crippen molar-refractivity contribution < 1.29 is 9.53 Å². The van der Waals surface area contributed by atoms with Gasteiger partial charge in [-0.25, -0.2) is 0 Å². The summed E-state index contributed by atoms with van der Waals surface area (Å²) in [6.07, 6.45) is 1.87. The molecular weight excluding hydrogens is 398 g/mol. The zero-order chi connectivity index (χ0) is 19.6. The smallest absolute Gasteiger partial charge is 0.266 e. The molecule has 1 heterocycles. The molecule has 0 unspecified atom stereocenters. The topological polar surface area (TPSA) is 29.5 Å². The molecule has 0 atom stereocenters. The lowest BCUT2D eigenvalue weighted by atomic mass is 10.1. The van der Waals surface area contributed by atoms with E-state index < -0.39 is 0 Å². The predicted molar refractivity (Wildman–Crippen MR) is 117 cm³/mol. The van der Waals surface area contributed by atoms with E-state index in [1.165, 1.54) is 11.8 Å². The van der Waals surface area contributed by atoms with Crippen molar-refractivity contribution in [3.63, 3.8) is 0 Å². The van der Waals surface area contributed by atoms with Gasteiger partial charge in [-0.2, -0.15) is 0 Å². The Balaban J connectivity index is 1.67. The van der Waals surface area contributed by atoms with Gasteiger partial charge >= 0.3 is 0 Å². The van der Waals surface area contributed by atoms with Gasteiger partial charge in [0.2, 0.25) is 0 Å². The molecule has 0 saturated carbocycles. The molecule has 0 aliphatic carbocycles. The van der Waals surface area contributed by atoms with Gasteiger partial charge in [0, 0.05) is 10.6 Å². The maximum absolute atomic E-state index is 12.6. The van der Waals surface area contributed by atoms with E-state index in [-0.39, 0.29) is 11.4 Å². The first-order valence-corrected chi connectivity index (χ1v) is 10.1. The molecule has 0 aromatic heterocycles. The molecule has 3 nitrogen and oxygen atoms in total. The Morgan fingerprint density at radius 3 is 2.30 bits per heavy atom. The van der Waals surface area contributed by atoms with Crippen LogP contribution in [0, 0.1) is 0 Å². The van der Waals surface area contributed by atoms with Gasteiger partial charge < -0.3 is 4.74 Å². The number of carbonyl (C=O) groups is 1. The highest BCUT2D eigenvalue weighted by Crippen LogP contribution is 2.36. The Morgan fingerprint density at radius 2 is 1.74 bits per heavy atom. The highest BCUT2D eigenvalue weighted by Gasteiger charge is 2.38. The Bertz CT molecular complexity index is 884. The summed E-state index contributed by atoms with van der Waals surface area (Å²) in [6, 6.07) is 15.2. The summed E-state index contributed by atoms with van der Waals surface area (Å²) in [6.45, 7) is 6.41. The average Bonchev–Trinajstić information content (AvgIpc) is 2.89. The minimum atomic E-state index is -0.323. The molecule has 1 saturated heterocycles. The fourth-order valence-electron chi connectivity index (χ4n) is 2.61. The molecule has 1 aliphatic heterocycles. The lowest BCUT2D eigenvalue weighted by molar-refractivity contribution is -0.125. The van der Waals surface area contributed by atoms with E-state index >= 15 is 0 Å². The van der Waals surface area contributed by atoms with Gasteiger partial charge in [0.1, 0.15) is 16.7 Å². The predicted octanol–water partition coefficient (Wildman–Crippen LogP) is 5.92. The number of carbonyl (C=O) groups excluding carboxylic acids is 1. The number of hydrogen-bond acceptors (Lipinski definition) is 4. The number of benzene rings is 2. The summed E-state index contributed by atoms with van der Waals surface area (Å²) >= 11 is 12.6. The van der Waals surface area contributed by atoms with E-state index in [0.717, 1.165) is 16.9 Å². The zero-order valence-electron chi connectivity index (χ0n) is 15.4. The van der Waals surface area contributed by atoms with E-state index in [2.05, 4.69) is 0 Å². The first-order chi connectivity index (χ1) is 12.7. The SMILES string of the molecule is CC(C)(C)N1C(=O)C(=Cc2ccc(OCc3ccc(Cl)cc3)cc2)SC1=S. The Morgan fingerprint density at radius 1 is 1.11 bits per heavy atom. The van der Waals surface area contributed by atoms with E-state index in [1.807, 2.05) is 75.4 Å². The maximum atomic E-state index is 12.6. The van der Waals surface area contributed by atoms with Crippen LogP contribution in [-0.2, 0) is 11.4 Å². The van der Waals surface area contributed by atoms with Crippen LogP contribution in [0.25, 0.3) is 6.08 Å². The maximum Gasteiger partial charge on any atom is 0.266 e. The van der Waals surface area contributed by atoms with Crippen molar-refractivity contribution in [3.05, 3.63) is 69.6 Å². The minimum absolute atomic E-state index is 0.0411. The third kappa shape index (κ3) is 4.92. The third-order valence-electron chi connectivity index (χ3n) is 3.96. The highest BCUT2D eigenvalue weighted by molar-refractivity contribution is 8.26. The molecule has 1 amide bonds. The molecule has 0 spiro atoms. The van der Waals surface area contributed by atoms with E-state index in [4.69, 9.17) is 28.6 Å². The van der Waals surface area contributed by atoms with Gasteiger partial charge in [0.25, 0.3) is 5.91 Å². The summed E-state index contributed by atoms with van der Waals surface area (Å²) in [7, 11) is 0. The fourth-order valence-corrected chi connectivity index (χ4v) is 4.37. The number of amides is 1. The van der Waals surface area contributed by atoms with Crippen molar-refractivity contribution in [2.75, 3.05) is 0 Å². The number of hydrogen-bond donors (Lipinski definition) is 0. The second-order valence-electron chi connectivity index (χ2n) is 7.17. The Hall–Kier alpha value is -1.82. The molecule has 0 radical (unpaired) electrons. The quantitative estimate of drug-likeness (QED) is 0.456. The lowest BCUT2D eigenvalue weighted by Crippen LogP contribution is -2.44. The van der Waals surface area contributed by atoms with Crippen molar-refractivity contribution in [2.24, 2.45) is 0 Å². The van der Waals surface area contributed by atoms with Gasteiger partial charge in [-0.3, -0.25) is 9.69 Å². The summed E-state index contributed by atoms with van der Waals surface area (Å²) in [5.74, 6) is 0.727. The molecule has 6 heteroatoms. The molecule has 0 N–H and O–H groups in total. The second kappa shape index (κ2) is 8.05. The van der Waals surface area contributed by atoms with Crippen molar-refractivity contribution in [1.29, 1.82) is 0 Å². The molecule has 2 aromatic carbocycles. The van der Waals surface area contributed by atoms with Gasteiger partial charge in [-0.1, -0.05) is 59.8 Å². The van der Waals surface area contributed by atoms with Crippen LogP contribution in [-0.4, -0.2) is 20.7 Å². The van der Waals surface area contributed by atoms with E-state index in [9.17, 15) is 4.79 Å². The number of halogens is 1. The number of nitrogens with zero attached hydrogens (tertiary/aromatic N) is 1. The summed E-state index contributed by atoms with van der Waals surface area (Å²) in [4.78, 5) is 14.9. The van der Waals surface area contributed by atoms with Crippen LogP contribution in [0.3, 0.4) is 0 Å². The van der Waals surface area contributed by atoms with Crippen LogP contribution >= 0.6 is 35.6 Å². The Labute approximate surface area is 174 Å². The zero-order valence-corrected chi connectivity index (χ0v) is 17.8. The minimum Gasteiger partial charge on any atom is -0.489 e. The van der Waals surface area contributed by atoms with Gasteiger partial charge in [-0.05, 0) is 62.2 Å². The number of rotatable bonds is 4. The molecule has 27 heavy (non-hydrogen) atoms. The van der Waals surface area contributed by atoms with Crippen molar-refractivity contribution in [2.45, 2.75) is 32.9 Å². The fraction of sp³-hybridized carbons (Fsp3) is 0.238. The highest BCUT2D eigenvalue weighted by atomic mass is 35.5. The normalized spacial score (nSPS) is 16.3. The van der Waals surface area contributed by atoms with Crippen LogP contribution in [0.5, 0.6) is 5.75 Å². The van der Waals surface area contributed by atoms with Crippen molar-refractivity contribution in [1.82, 2.24) is 4.90 Å². The number of ether oxygens (including phenoxy) is 1. The van der Waals surface area contributed by atoms with E-state index in [1.54, 1.807) is 4.90 Å². The van der Waals surface area contributed by atoms with Crippen LogP contribution in [0.2, 0.25) is 5.02 Å². The molecule has 0 bridgehead atoms. The number of thioether (sulfide) groups is 1. The van der Waals surface area contributed by atoms with Crippen LogP contribution in [0.15, 0.2) is 53.4 Å². The molecule has 2 aromatic rings. The molecule has 140 valence electrons. The van der Waals surface area contributed by atoms with Gasteiger partial charge in [0.15, 0.2) is 0 Å². The van der Waals surface area contributed by atoms with Crippen LogP contribution in [0.1, 0.15) is 31.9 Å². The summed E-state index contributed by atoms with van der Waals surface area (Å²) in [5.41, 5.74) is 1.66. The molecular formula is C21H20ClNO2S2. The first-order valence-electron chi connectivity index (χ1n) is 8.49.